The summed E-state index contributed by atoms with van der Waals surface area (Å²) >= 11 is 0. The van der Waals surface area contributed by atoms with Crippen molar-refractivity contribution in [2.75, 3.05) is 6.61 Å². The molecule has 0 atom stereocenters. The molecule has 0 aliphatic heterocycles. The molecule has 25 heavy (non-hydrogen) atoms. The fourth-order valence-electron chi connectivity index (χ4n) is 2.11. The Balaban J connectivity index is 4.05. The van der Waals surface area contributed by atoms with E-state index in [2.05, 4.69) is 9.72 Å². The summed E-state index contributed by atoms with van der Waals surface area (Å²) in [5.74, 6) is -1.49. The van der Waals surface area contributed by atoms with Crippen molar-refractivity contribution in [2.45, 2.75) is 50.4 Å². The first kappa shape index (κ1) is 21.3. The summed E-state index contributed by atoms with van der Waals surface area (Å²) in [6, 6.07) is 0. The predicted octanol–water partition coefficient (Wildman–Crippen LogP) is 3.71. The average molecular weight is 389 g/mol. The Labute approximate surface area is 141 Å². The lowest BCUT2D eigenvalue weighted by atomic mass is 10.1. The summed E-state index contributed by atoms with van der Waals surface area (Å²) in [5, 5.41) is -1.21. The Bertz CT molecular complexity index is 772. The molecule has 1 rings (SSSR count). The van der Waals surface area contributed by atoms with Crippen molar-refractivity contribution in [3.05, 3.63) is 22.5 Å². The first-order valence-corrected chi connectivity index (χ1v) is 8.62. The molecule has 0 aromatic carbocycles. The summed E-state index contributed by atoms with van der Waals surface area (Å²) in [6.07, 6.45) is -8.84. The van der Waals surface area contributed by atoms with Gasteiger partial charge < -0.3 is 4.74 Å². The molecule has 142 valence electrons. The molecule has 5 nitrogen and oxygen atoms in total. The highest BCUT2D eigenvalue weighted by molar-refractivity contribution is 7.92. The maximum atomic E-state index is 13.2. The van der Waals surface area contributed by atoms with Gasteiger partial charge in [0.15, 0.2) is 15.5 Å². The molecule has 0 aliphatic carbocycles. The Morgan fingerprint density at radius 1 is 1.24 bits per heavy atom. The molecule has 0 spiro atoms. The number of carbonyl (C=O) groups is 1. The zero-order chi connectivity index (χ0) is 19.7. The quantitative estimate of drug-likeness (QED) is 0.567. The molecule has 11 heteroatoms. The van der Waals surface area contributed by atoms with E-state index in [1.807, 2.05) is 0 Å². The first-order valence-electron chi connectivity index (χ1n) is 7.07. The van der Waals surface area contributed by atoms with Gasteiger partial charge >= 0.3 is 12.1 Å². The molecule has 0 fully saturated rings. The van der Waals surface area contributed by atoms with Crippen LogP contribution in [0.2, 0.25) is 0 Å². The molecule has 1 aromatic rings. The minimum atomic E-state index is -5.25. The van der Waals surface area contributed by atoms with Crippen LogP contribution < -0.4 is 0 Å². The highest BCUT2D eigenvalue weighted by Gasteiger charge is 2.43. The lowest BCUT2D eigenvalue weighted by Gasteiger charge is -2.20. The fraction of sp³-hybridized carbons (Fsp3) is 0.571. The number of alkyl halides is 5. The van der Waals surface area contributed by atoms with Crippen molar-refractivity contribution >= 4 is 15.8 Å². The number of sulfone groups is 1. The first-order chi connectivity index (χ1) is 11.3. The molecule has 0 N–H and O–H groups in total. The van der Waals surface area contributed by atoms with Crippen molar-refractivity contribution in [1.29, 1.82) is 0 Å². The molecule has 0 saturated carbocycles. The monoisotopic (exact) mass is 389 g/mol. The van der Waals surface area contributed by atoms with Crippen molar-refractivity contribution in [3.8, 4) is 0 Å². The van der Waals surface area contributed by atoms with E-state index in [1.54, 1.807) is 0 Å². The minimum absolute atomic E-state index is 0.293. The summed E-state index contributed by atoms with van der Waals surface area (Å²) in [4.78, 5) is 13.6. The Morgan fingerprint density at radius 3 is 2.12 bits per heavy atom. The smallest absolute Gasteiger partial charge is 0.434 e. The van der Waals surface area contributed by atoms with E-state index in [4.69, 9.17) is 0 Å². The number of esters is 1. The maximum Gasteiger partial charge on any atom is 0.434 e. The van der Waals surface area contributed by atoms with Crippen molar-refractivity contribution in [1.82, 2.24) is 4.98 Å². The number of hydrogen-bond donors (Lipinski definition) is 0. The third-order valence-corrected chi connectivity index (χ3v) is 5.60. The molecule has 0 radical (unpaired) electrons. The van der Waals surface area contributed by atoms with Gasteiger partial charge in [0, 0.05) is 0 Å². The Kier molecular flexibility index (Phi) is 6.14. The zero-order valence-corrected chi connectivity index (χ0v) is 14.6. The third-order valence-electron chi connectivity index (χ3n) is 3.28. The van der Waals surface area contributed by atoms with E-state index in [0.29, 0.717) is 0 Å². The number of nitrogens with zero attached hydrogens (tertiary/aromatic N) is 1. The van der Waals surface area contributed by atoms with Gasteiger partial charge in [0.1, 0.15) is 5.69 Å². The predicted molar refractivity (Wildman–Crippen MR) is 77.2 cm³/mol. The van der Waals surface area contributed by atoms with Gasteiger partial charge in [0.05, 0.1) is 22.3 Å². The van der Waals surface area contributed by atoms with Crippen LogP contribution >= 0.6 is 0 Å². The average Bonchev–Trinajstić information content (AvgIpc) is 2.44. The fourth-order valence-corrected chi connectivity index (χ4v) is 3.54. The second-order valence-corrected chi connectivity index (χ2v) is 7.73. The van der Waals surface area contributed by atoms with Gasteiger partial charge in [-0.2, -0.15) is 13.2 Å². The molecule has 1 aromatic heterocycles. The summed E-state index contributed by atoms with van der Waals surface area (Å²) < 4.78 is 95.3. The summed E-state index contributed by atoms with van der Waals surface area (Å²) in [6.45, 7) is 4.23. The number of halogens is 5. The second-order valence-electron chi connectivity index (χ2n) is 5.29. The topological polar surface area (TPSA) is 73.3 Å². The Morgan fingerprint density at radius 2 is 1.76 bits per heavy atom. The third kappa shape index (κ3) is 4.07. The number of carbonyl (C=O) groups excluding carboxylic acids is 1. The number of aromatic nitrogens is 1. The Hall–Kier alpha value is -1.78. The number of ether oxygens (including phenoxy) is 1. The lowest BCUT2D eigenvalue weighted by Crippen LogP contribution is -2.25. The van der Waals surface area contributed by atoms with Crippen molar-refractivity contribution < 1.29 is 39.9 Å². The number of hydrogen-bond acceptors (Lipinski definition) is 5. The van der Waals surface area contributed by atoms with Crippen LogP contribution in [0, 0.1) is 6.92 Å². The van der Waals surface area contributed by atoms with E-state index in [1.165, 1.54) is 20.8 Å². The summed E-state index contributed by atoms with van der Waals surface area (Å²) in [7, 11) is -4.43. The van der Waals surface area contributed by atoms with Crippen LogP contribution in [-0.2, 0) is 20.8 Å². The second kappa shape index (κ2) is 7.22. The van der Waals surface area contributed by atoms with Gasteiger partial charge in [0.25, 0.3) is 6.43 Å². The van der Waals surface area contributed by atoms with Crippen LogP contribution in [-0.4, -0.2) is 31.2 Å². The molecule has 1 heterocycles. The van der Waals surface area contributed by atoms with Crippen molar-refractivity contribution in [3.63, 3.8) is 0 Å². The van der Waals surface area contributed by atoms with Crippen LogP contribution in [0.15, 0.2) is 4.90 Å². The zero-order valence-electron chi connectivity index (χ0n) is 13.7. The van der Waals surface area contributed by atoms with Gasteiger partial charge in [-0.3, -0.25) is 0 Å². The molecular formula is C14H16F5NO4S. The highest BCUT2D eigenvalue weighted by atomic mass is 32.2. The van der Waals surface area contributed by atoms with Gasteiger partial charge in [-0.1, -0.05) is 0 Å². The van der Waals surface area contributed by atoms with E-state index >= 15 is 0 Å². The van der Waals surface area contributed by atoms with Crippen LogP contribution in [0.25, 0.3) is 0 Å². The van der Waals surface area contributed by atoms with Crippen LogP contribution in [0.3, 0.4) is 0 Å². The molecule has 0 saturated heterocycles. The molecule has 0 unspecified atom stereocenters. The van der Waals surface area contributed by atoms with Gasteiger partial charge in [-0.05, 0) is 33.3 Å². The molecule has 0 aliphatic rings. The van der Waals surface area contributed by atoms with Crippen LogP contribution in [0.1, 0.15) is 54.5 Å². The van der Waals surface area contributed by atoms with E-state index in [0.717, 1.165) is 6.92 Å². The maximum absolute atomic E-state index is 13.2. The largest absolute Gasteiger partial charge is 0.462 e. The number of rotatable bonds is 5. The lowest BCUT2D eigenvalue weighted by molar-refractivity contribution is -0.142. The van der Waals surface area contributed by atoms with Gasteiger partial charge in [-0.25, -0.2) is 27.0 Å². The standard InChI is InChI=1S/C14H16F5NO4S/c1-5-24-13(21)8-7(4)10(25(22,23)6(2)3)9(12(15)16)20-11(8)14(17,18)19/h6,12H,5H2,1-4H3. The highest BCUT2D eigenvalue weighted by Crippen LogP contribution is 2.39. The minimum Gasteiger partial charge on any atom is -0.462 e. The van der Waals surface area contributed by atoms with E-state index in [9.17, 15) is 35.2 Å². The molecule has 0 amide bonds. The van der Waals surface area contributed by atoms with E-state index < -0.39 is 61.1 Å². The SMILES string of the molecule is CCOC(=O)c1c(C(F)(F)F)nc(C(F)F)c(S(=O)(=O)C(C)C)c1C. The van der Waals surface area contributed by atoms with E-state index in [-0.39, 0.29) is 6.61 Å². The number of pyridine rings is 1. The molecular weight excluding hydrogens is 373 g/mol. The van der Waals surface area contributed by atoms with Crippen LogP contribution in [0.4, 0.5) is 22.0 Å². The van der Waals surface area contributed by atoms with Gasteiger partial charge in [0.2, 0.25) is 0 Å². The normalized spacial score (nSPS) is 12.8. The van der Waals surface area contributed by atoms with Crippen LogP contribution in [0.5, 0.6) is 0 Å². The van der Waals surface area contributed by atoms with Crippen molar-refractivity contribution in [2.24, 2.45) is 0 Å². The van der Waals surface area contributed by atoms with Gasteiger partial charge in [-0.15, -0.1) is 0 Å². The summed E-state index contributed by atoms with van der Waals surface area (Å²) in [5.41, 5.74) is -5.38. The molecule has 0 bridgehead atoms.